The van der Waals surface area contributed by atoms with Gasteiger partial charge in [-0.25, -0.2) is 4.39 Å². The number of ether oxygens (including phenoxy) is 14. The van der Waals surface area contributed by atoms with Gasteiger partial charge in [0, 0.05) is 0 Å². The maximum absolute atomic E-state index is 15.5. The highest BCUT2D eigenvalue weighted by molar-refractivity contribution is 5.85. The van der Waals surface area contributed by atoms with Crippen LogP contribution in [0.25, 0.3) is 32.3 Å². The van der Waals surface area contributed by atoms with Crippen LogP contribution >= 0.6 is 0 Å². The van der Waals surface area contributed by atoms with Crippen LogP contribution in [0.4, 0.5) is 4.39 Å². The molecule has 0 spiro atoms. The van der Waals surface area contributed by atoms with Crippen molar-refractivity contribution < 1.29 is 80.9 Å². The van der Waals surface area contributed by atoms with Crippen LogP contribution in [0.3, 0.4) is 0 Å². The summed E-state index contributed by atoms with van der Waals surface area (Å²) in [6.45, 7) is 8.69. The third-order valence-corrected chi connectivity index (χ3v) is 21.3. The molecule has 114 heavy (non-hydrogen) atoms. The van der Waals surface area contributed by atoms with E-state index in [9.17, 15) is 10.2 Å². The Balaban J connectivity index is 0.000000135. The first-order chi connectivity index (χ1) is 56.2. The van der Waals surface area contributed by atoms with Gasteiger partial charge >= 0.3 is 0 Å². The first-order valence-electron chi connectivity index (χ1n) is 39.2. The zero-order chi connectivity index (χ0) is 77.6. The molecule has 2 fully saturated rings. The fourth-order valence-corrected chi connectivity index (χ4v) is 15.2. The van der Waals surface area contributed by atoms with Gasteiger partial charge in [-0.05, 0) is 135 Å². The molecule has 5 heterocycles. The average molecular weight is 1540 g/mol. The molecule has 17 heteroatoms. The second kappa shape index (κ2) is 40.2. The Morgan fingerprint density at radius 3 is 0.991 bits per heavy atom. The fourth-order valence-electron chi connectivity index (χ4n) is 15.2. The van der Waals surface area contributed by atoms with Crippen LogP contribution in [0.1, 0.15) is 66.8 Å². The normalized spacial score (nSPS) is 24.0. The van der Waals surface area contributed by atoms with E-state index in [0.717, 1.165) is 99.1 Å². The van der Waals surface area contributed by atoms with Gasteiger partial charge in [0.1, 0.15) is 73.2 Å². The maximum atomic E-state index is 15.5. The lowest BCUT2D eigenvalue weighted by Crippen LogP contribution is -2.61. The van der Waals surface area contributed by atoms with Crippen molar-refractivity contribution in [2.24, 2.45) is 0 Å². The van der Waals surface area contributed by atoms with Crippen LogP contribution in [-0.2, 0) is 146 Å². The van der Waals surface area contributed by atoms with Gasteiger partial charge in [-0.1, -0.05) is 261 Å². The maximum Gasteiger partial charge on any atom is 0.228 e. The predicted molar refractivity (Wildman–Crippen MR) is 434 cm³/mol. The second-order valence-electron chi connectivity index (χ2n) is 29.2. The van der Waals surface area contributed by atoms with E-state index in [1.807, 2.05) is 218 Å². The number of hydrogen-bond donors (Lipinski definition) is 2. The highest BCUT2D eigenvalue weighted by atomic mass is 19.1. The van der Waals surface area contributed by atoms with Gasteiger partial charge in [-0.2, -0.15) is 0 Å². The lowest BCUT2D eigenvalue weighted by molar-refractivity contribution is -0.318. The fraction of sp³-hybridized carbons (Fsp3) is 0.299. The molecule has 5 aliphatic heterocycles. The standard InChI is InChI=1S/C33H34O5.C32H31FO5.C32H32O6/c1-2-31(36-19-24-11-5-3-6-12-24)33-32(37-20-25-13-7-4-8-14-25)30(34)23-35-21-28-17-26-15-9-10-16-27(26)18-29(28)22-38-33;2*33-32-31(36-18-23-11-5-2-6-12-23)30-29(35-17-22-9-3-1-4-10-22)28(38-32)21-34-19-26-15-24-13-7-8-14-25(24)16-27(26)20-37-30/h2-18,30-34H,1,19-23H2;1-16,28-32H,17-21H2;1-16,28-33H,17-21H2/t30?,31-,32-,33?;2*28?,29-,30?,31+,32?/m111/s1. The number of halogens is 1. The Kier molecular flexibility index (Phi) is 28.1. The van der Waals surface area contributed by atoms with Crippen molar-refractivity contribution >= 4 is 32.3 Å². The number of aliphatic hydroxyl groups is 2. The van der Waals surface area contributed by atoms with Gasteiger partial charge in [0.25, 0.3) is 0 Å². The topological polar surface area (TPSA) is 170 Å². The van der Waals surface area contributed by atoms with Crippen molar-refractivity contribution in [2.45, 2.75) is 165 Å². The molecule has 5 aliphatic rings. The third kappa shape index (κ3) is 20.9. The van der Waals surface area contributed by atoms with Crippen molar-refractivity contribution in [1.29, 1.82) is 0 Å². The molecule has 2 saturated heterocycles. The van der Waals surface area contributed by atoms with Crippen LogP contribution in [0.15, 0.2) is 304 Å². The molecular weight excluding hydrogens is 1440 g/mol. The lowest BCUT2D eigenvalue weighted by Gasteiger charge is -2.44. The highest BCUT2D eigenvalue weighted by Gasteiger charge is 2.51. The van der Waals surface area contributed by atoms with Crippen LogP contribution in [0.2, 0.25) is 0 Å². The largest absolute Gasteiger partial charge is 0.388 e. The molecule has 0 amide bonds. The molecule has 4 bridgehead atoms. The summed E-state index contributed by atoms with van der Waals surface area (Å²) in [6, 6.07) is 96.9. The van der Waals surface area contributed by atoms with Crippen molar-refractivity contribution in [3.05, 3.63) is 371 Å². The molecule has 0 aromatic heterocycles. The zero-order valence-corrected chi connectivity index (χ0v) is 63.7. The molecule has 0 saturated carbocycles. The summed E-state index contributed by atoms with van der Waals surface area (Å²) in [5.41, 5.74) is 12.3. The summed E-state index contributed by atoms with van der Waals surface area (Å²) in [5, 5.41) is 29.1. The molecule has 2 N–H and O–H groups in total. The summed E-state index contributed by atoms with van der Waals surface area (Å²) in [4.78, 5) is 0. The molecule has 17 rings (SSSR count). The van der Waals surface area contributed by atoms with Crippen molar-refractivity contribution in [1.82, 2.24) is 0 Å². The number of rotatable bonds is 20. The van der Waals surface area contributed by atoms with Crippen LogP contribution in [-0.4, -0.2) is 116 Å². The molecule has 588 valence electrons. The minimum absolute atomic E-state index is 0.105. The van der Waals surface area contributed by atoms with E-state index in [1.54, 1.807) is 6.08 Å². The highest BCUT2D eigenvalue weighted by Crippen LogP contribution is 2.37. The monoisotopic (exact) mass is 1540 g/mol. The molecule has 0 radical (unpaired) electrons. The van der Waals surface area contributed by atoms with Crippen LogP contribution < -0.4 is 0 Å². The minimum atomic E-state index is -1.68. The predicted octanol–water partition coefficient (Wildman–Crippen LogP) is 17.2. The zero-order valence-electron chi connectivity index (χ0n) is 63.7. The van der Waals surface area contributed by atoms with E-state index in [4.69, 9.17) is 66.3 Å². The van der Waals surface area contributed by atoms with E-state index >= 15 is 4.39 Å². The summed E-state index contributed by atoms with van der Waals surface area (Å²) in [7, 11) is 0. The smallest absolute Gasteiger partial charge is 0.228 e. The Morgan fingerprint density at radius 2 is 0.623 bits per heavy atom. The number of fused-ring (bicyclic) bond motifs is 10. The first kappa shape index (κ1) is 79.7. The second-order valence-corrected chi connectivity index (χ2v) is 29.2. The molecular formula is C97H97FO16. The molecule has 16 nitrogen and oxygen atoms in total. The SMILES string of the molecule is C=C[C@@H](OCc1ccccc1)C1OCc2cc3ccccc3cc2COCC(O)[C@H]1OCc1ccccc1.FC1OC2COCc3cc4ccccc4cc3COC([C@@H]1OCc1ccccc1)[C@@H]2OCc1ccccc1.OC1OC2COCc3cc4ccccc4cc3COC([C@@H]1OCc1ccccc1)[C@@H]2OCc1ccccc1. The minimum Gasteiger partial charge on any atom is -0.388 e. The summed E-state index contributed by atoms with van der Waals surface area (Å²) >= 11 is 0. The van der Waals surface area contributed by atoms with E-state index in [0.29, 0.717) is 66.1 Å². The van der Waals surface area contributed by atoms with E-state index in [-0.39, 0.29) is 33.0 Å². The van der Waals surface area contributed by atoms with Gasteiger partial charge in [0.15, 0.2) is 6.29 Å². The molecule has 12 aromatic carbocycles. The summed E-state index contributed by atoms with van der Waals surface area (Å²) < 4.78 is 103. The number of aliphatic hydroxyl groups excluding tert-OH is 2. The quantitative estimate of drug-likeness (QED) is 0.0690. The molecule has 14 atom stereocenters. The number of hydrogen-bond acceptors (Lipinski definition) is 16. The van der Waals surface area contributed by atoms with Crippen LogP contribution in [0, 0.1) is 0 Å². The average Bonchev–Trinajstić information content (AvgIpc) is 0.789. The van der Waals surface area contributed by atoms with E-state index < -0.39 is 85.9 Å². The van der Waals surface area contributed by atoms with Crippen LogP contribution in [0.5, 0.6) is 0 Å². The Labute approximate surface area is 665 Å². The lowest BCUT2D eigenvalue weighted by atomic mass is 9.97. The Morgan fingerprint density at radius 1 is 0.333 bits per heavy atom. The van der Waals surface area contributed by atoms with Gasteiger partial charge in [-0.3, -0.25) is 0 Å². The van der Waals surface area contributed by atoms with E-state index in [2.05, 4.69) is 79.4 Å². The van der Waals surface area contributed by atoms with Crippen molar-refractivity contribution in [3.8, 4) is 0 Å². The van der Waals surface area contributed by atoms with Gasteiger partial charge in [0.05, 0.1) is 99.1 Å². The third-order valence-electron chi connectivity index (χ3n) is 21.3. The van der Waals surface area contributed by atoms with Crippen molar-refractivity contribution in [2.75, 3.05) is 19.8 Å². The summed E-state index contributed by atoms with van der Waals surface area (Å²) in [6.07, 6.45) is -9.09. The van der Waals surface area contributed by atoms with Gasteiger partial charge in [0.2, 0.25) is 6.36 Å². The van der Waals surface area contributed by atoms with Gasteiger partial charge in [-0.15, -0.1) is 6.58 Å². The first-order valence-corrected chi connectivity index (χ1v) is 39.2. The Hall–Kier alpha value is -9.55. The molecule has 0 aliphatic carbocycles. The van der Waals surface area contributed by atoms with Crippen molar-refractivity contribution in [3.63, 3.8) is 0 Å². The molecule has 8 unspecified atom stereocenters. The Bertz CT molecular complexity index is 4750. The van der Waals surface area contributed by atoms with Gasteiger partial charge < -0.3 is 76.5 Å². The number of benzene rings is 12. The summed E-state index contributed by atoms with van der Waals surface area (Å²) in [5.74, 6) is 0. The number of alkyl halides is 1. The molecule has 12 aromatic rings. The van der Waals surface area contributed by atoms with E-state index in [1.165, 1.54) is 0 Å².